The highest BCUT2D eigenvalue weighted by Crippen LogP contribution is 2.32. The van der Waals surface area contributed by atoms with Crippen molar-refractivity contribution in [3.63, 3.8) is 0 Å². The van der Waals surface area contributed by atoms with E-state index in [9.17, 15) is 19.7 Å². The number of anilines is 1. The van der Waals surface area contributed by atoms with Crippen molar-refractivity contribution in [2.45, 2.75) is 13.3 Å². The zero-order valence-corrected chi connectivity index (χ0v) is 18.5. The Morgan fingerprint density at radius 2 is 1.67 bits per heavy atom. The number of nitrogens with zero attached hydrogens (tertiary/aromatic N) is 2. The van der Waals surface area contributed by atoms with Crippen molar-refractivity contribution in [1.29, 1.82) is 0 Å². The average Bonchev–Trinajstić information content (AvgIpc) is 3.04. The minimum Gasteiger partial charge on any atom is -0.350 e. The number of aryl methyl sites for hydroxylation is 1. The number of rotatable bonds is 7. The van der Waals surface area contributed by atoms with Gasteiger partial charge in [0.25, 0.3) is 17.5 Å². The van der Waals surface area contributed by atoms with Gasteiger partial charge in [-0.15, -0.1) is 0 Å². The van der Waals surface area contributed by atoms with Crippen LogP contribution in [0.15, 0.2) is 78.5 Å². The van der Waals surface area contributed by atoms with Crippen LogP contribution in [0.2, 0.25) is 5.02 Å². The van der Waals surface area contributed by atoms with E-state index in [1.54, 1.807) is 18.2 Å². The molecule has 0 unspecified atom stereocenters. The summed E-state index contributed by atoms with van der Waals surface area (Å²) in [6.45, 7) is 2.05. The van der Waals surface area contributed by atoms with E-state index in [-0.39, 0.29) is 23.5 Å². The summed E-state index contributed by atoms with van der Waals surface area (Å²) in [5.41, 5.74) is 3.09. The van der Waals surface area contributed by atoms with E-state index in [4.69, 9.17) is 11.6 Å². The van der Waals surface area contributed by atoms with Gasteiger partial charge in [0.1, 0.15) is 5.70 Å². The molecule has 3 aromatic rings. The molecule has 0 radical (unpaired) electrons. The molecule has 0 saturated carbocycles. The van der Waals surface area contributed by atoms with Gasteiger partial charge in [-0.25, -0.2) is 0 Å². The van der Waals surface area contributed by atoms with Gasteiger partial charge >= 0.3 is 0 Å². The number of hydrogen-bond acceptors (Lipinski definition) is 5. The molecule has 3 aromatic carbocycles. The molecule has 2 amide bonds. The summed E-state index contributed by atoms with van der Waals surface area (Å²) in [4.78, 5) is 38.4. The average molecular weight is 462 g/mol. The largest absolute Gasteiger partial charge is 0.350 e. The number of nitrogens with one attached hydrogen (secondary N) is 1. The van der Waals surface area contributed by atoms with Crippen LogP contribution >= 0.6 is 11.6 Å². The maximum atomic E-state index is 13.3. The molecule has 0 atom stereocenters. The number of amides is 2. The van der Waals surface area contributed by atoms with Crippen LogP contribution in [0.3, 0.4) is 0 Å². The van der Waals surface area contributed by atoms with Crippen molar-refractivity contribution in [3.8, 4) is 0 Å². The molecule has 4 rings (SSSR count). The molecule has 0 aliphatic carbocycles. The molecule has 0 bridgehead atoms. The SMILES string of the molecule is Cc1cc(Cl)ccc1NC1=C(c2ccc([N+](=O)[O-])cc2)C(=O)N(CCc2ccccc2)C1=O. The van der Waals surface area contributed by atoms with Crippen LogP contribution in [0.4, 0.5) is 11.4 Å². The topological polar surface area (TPSA) is 92.6 Å². The fourth-order valence-corrected chi connectivity index (χ4v) is 3.93. The Bertz CT molecular complexity index is 1270. The lowest BCUT2D eigenvalue weighted by molar-refractivity contribution is -0.384. The van der Waals surface area contributed by atoms with Gasteiger partial charge in [-0.3, -0.25) is 24.6 Å². The van der Waals surface area contributed by atoms with Crippen molar-refractivity contribution in [2.75, 3.05) is 11.9 Å². The van der Waals surface area contributed by atoms with Crippen molar-refractivity contribution in [3.05, 3.63) is 110 Å². The second-order valence-corrected chi connectivity index (χ2v) is 8.07. The predicted molar refractivity (Wildman–Crippen MR) is 127 cm³/mol. The minimum atomic E-state index is -0.512. The quantitative estimate of drug-likeness (QED) is 0.304. The van der Waals surface area contributed by atoms with E-state index >= 15 is 0 Å². The fourth-order valence-electron chi connectivity index (χ4n) is 3.70. The Balaban J connectivity index is 1.70. The summed E-state index contributed by atoms with van der Waals surface area (Å²) >= 11 is 6.05. The number of halogens is 1. The van der Waals surface area contributed by atoms with Gasteiger partial charge in [0.2, 0.25) is 0 Å². The number of benzene rings is 3. The third-order valence-corrected chi connectivity index (χ3v) is 5.68. The zero-order valence-electron chi connectivity index (χ0n) is 17.7. The van der Waals surface area contributed by atoms with Gasteiger partial charge in [-0.05, 0) is 60.4 Å². The van der Waals surface area contributed by atoms with Crippen LogP contribution in [0, 0.1) is 17.0 Å². The molecule has 0 saturated heterocycles. The van der Waals surface area contributed by atoms with Gasteiger partial charge in [-0.1, -0.05) is 41.9 Å². The Kier molecular flexibility index (Phi) is 6.24. The van der Waals surface area contributed by atoms with Crippen LogP contribution in [-0.4, -0.2) is 28.2 Å². The van der Waals surface area contributed by atoms with E-state index in [2.05, 4.69) is 5.32 Å². The molecule has 0 aromatic heterocycles. The first kappa shape index (κ1) is 22.2. The molecular formula is C25H20ClN3O4. The van der Waals surface area contributed by atoms with Gasteiger partial charge in [0, 0.05) is 29.4 Å². The molecule has 7 nitrogen and oxygen atoms in total. The molecular weight excluding hydrogens is 442 g/mol. The van der Waals surface area contributed by atoms with E-state index in [1.165, 1.54) is 29.2 Å². The highest BCUT2D eigenvalue weighted by Gasteiger charge is 2.39. The highest BCUT2D eigenvalue weighted by molar-refractivity contribution is 6.36. The molecule has 1 heterocycles. The third kappa shape index (κ3) is 4.63. The third-order valence-electron chi connectivity index (χ3n) is 5.45. The number of carbonyl (C=O) groups excluding carboxylic acids is 2. The standard InChI is InChI=1S/C25H20ClN3O4/c1-16-15-19(26)9-12-21(16)27-23-22(18-7-10-20(11-8-18)29(32)33)24(30)28(25(23)31)14-13-17-5-3-2-4-6-17/h2-12,15,27H,13-14H2,1H3. The normalized spacial score (nSPS) is 13.6. The van der Waals surface area contributed by atoms with E-state index < -0.39 is 16.7 Å². The lowest BCUT2D eigenvalue weighted by Gasteiger charge is -2.15. The number of nitro groups is 1. The van der Waals surface area contributed by atoms with Crippen LogP contribution in [0.1, 0.15) is 16.7 Å². The molecule has 0 fully saturated rings. The first-order valence-electron chi connectivity index (χ1n) is 10.3. The summed E-state index contributed by atoms with van der Waals surface area (Å²) < 4.78 is 0. The van der Waals surface area contributed by atoms with E-state index in [0.29, 0.717) is 22.7 Å². The van der Waals surface area contributed by atoms with Crippen LogP contribution in [0.25, 0.3) is 5.57 Å². The second-order valence-electron chi connectivity index (χ2n) is 7.64. The molecule has 8 heteroatoms. The Morgan fingerprint density at radius 1 is 0.970 bits per heavy atom. The summed E-state index contributed by atoms with van der Waals surface area (Å²) in [6.07, 6.45) is 0.513. The summed E-state index contributed by atoms with van der Waals surface area (Å²) in [6, 6.07) is 20.4. The predicted octanol–water partition coefficient (Wildman–Crippen LogP) is 4.99. The highest BCUT2D eigenvalue weighted by atomic mass is 35.5. The van der Waals surface area contributed by atoms with Crippen molar-refractivity contribution >= 4 is 40.4 Å². The Morgan fingerprint density at radius 3 is 2.30 bits per heavy atom. The molecule has 166 valence electrons. The summed E-state index contributed by atoms with van der Waals surface area (Å²) in [5.74, 6) is -0.891. The van der Waals surface area contributed by atoms with Crippen molar-refractivity contribution in [2.24, 2.45) is 0 Å². The van der Waals surface area contributed by atoms with E-state index in [1.807, 2.05) is 37.3 Å². The van der Waals surface area contributed by atoms with Crippen molar-refractivity contribution in [1.82, 2.24) is 4.90 Å². The first-order chi connectivity index (χ1) is 15.8. The minimum absolute atomic E-state index is 0.0971. The number of imide groups is 1. The van der Waals surface area contributed by atoms with Gasteiger partial charge in [-0.2, -0.15) is 0 Å². The fraction of sp³-hybridized carbons (Fsp3) is 0.120. The van der Waals surface area contributed by atoms with Crippen LogP contribution in [0.5, 0.6) is 0 Å². The molecule has 1 aliphatic heterocycles. The molecule has 1 aliphatic rings. The summed E-state index contributed by atoms with van der Waals surface area (Å²) in [7, 11) is 0. The smallest absolute Gasteiger partial charge is 0.278 e. The Hall–Kier alpha value is -3.97. The number of hydrogen-bond donors (Lipinski definition) is 1. The lowest BCUT2D eigenvalue weighted by Crippen LogP contribution is -2.34. The monoisotopic (exact) mass is 461 g/mol. The summed E-state index contributed by atoms with van der Waals surface area (Å²) in [5, 5.41) is 14.7. The van der Waals surface area contributed by atoms with Crippen LogP contribution < -0.4 is 5.32 Å². The zero-order chi connectivity index (χ0) is 23.5. The molecule has 1 N–H and O–H groups in total. The molecule has 0 spiro atoms. The molecule has 33 heavy (non-hydrogen) atoms. The maximum absolute atomic E-state index is 13.3. The number of non-ortho nitro benzene ring substituents is 1. The van der Waals surface area contributed by atoms with Gasteiger partial charge in [0.15, 0.2) is 0 Å². The first-order valence-corrected chi connectivity index (χ1v) is 10.7. The van der Waals surface area contributed by atoms with Gasteiger partial charge < -0.3 is 5.32 Å². The Labute approximate surface area is 195 Å². The second kappa shape index (κ2) is 9.26. The van der Waals surface area contributed by atoms with E-state index in [0.717, 1.165) is 11.1 Å². The lowest BCUT2D eigenvalue weighted by atomic mass is 10.0. The number of nitro benzene ring substituents is 1. The maximum Gasteiger partial charge on any atom is 0.278 e. The van der Waals surface area contributed by atoms with Crippen molar-refractivity contribution < 1.29 is 14.5 Å². The van der Waals surface area contributed by atoms with Crippen LogP contribution in [-0.2, 0) is 16.0 Å². The van der Waals surface area contributed by atoms with Gasteiger partial charge in [0.05, 0.1) is 10.5 Å². The number of carbonyl (C=O) groups is 2.